The van der Waals surface area contributed by atoms with Gasteiger partial charge in [0.1, 0.15) is 12.2 Å². The van der Waals surface area contributed by atoms with Crippen LogP contribution in [0.15, 0.2) is 10.6 Å². The molecule has 224 valence electrons. The number of carbonyl (C=O) groups is 4. The first-order valence-corrected chi connectivity index (χ1v) is 15.0. The maximum Gasteiger partial charge on any atom is 0.353 e. The van der Waals surface area contributed by atoms with Crippen LogP contribution in [0.3, 0.4) is 0 Å². The lowest BCUT2D eigenvalue weighted by atomic mass is 9.78. The summed E-state index contributed by atoms with van der Waals surface area (Å²) in [7, 11) is 0. The molecule has 5 N–H and O–H groups in total. The Balaban J connectivity index is 1.23. The monoisotopic (exact) mass is 589 g/mol. The summed E-state index contributed by atoms with van der Waals surface area (Å²) in [6.45, 7) is 11.2. The zero-order valence-corrected chi connectivity index (χ0v) is 24.8. The zero-order valence-electron chi connectivity index (χ0n) is 24.0. The number of likely N-dealkylation sites (tertiary alicyclic amines) is 1. The van der Waals surface area contributed by atoms with Crippen molar-refractivity contribution in [2.45, 2.75) is 88.8 Å². The van der Waals surface area contributed by atoms with E-state index in [9.17, 15) is 24.3 Å². The van der Waals surface area contributed by atoms with Gasteiger partial charge in [-0.25, -0.2) is 9.48 Å². The zero-order chi connectivity index (χ0) is 29.8. The van der Waals surface area contributed by atoms with Gasteiger partial charge < -0.3 is 31.3 Å². The van der Waals surface area contributed by atoms with Gasteiger partial charge in [0.25, 0.3) is 0 Å². The summed E-state index contributed by atoms with van der Waals surface area (Å²) in [5, 5.41) is 27.9. The molecule has 0 bridgehead atoms. The molecule has 0 saturated carbocycles. The summed E-state index contributed by atoms with van der Waals surface area (Å²) in [4.78, 5) is 55.3. The second-order valence-electron chi connectivity index (χ2n) is 12.6. The molecule has 1 aromatic rings. The minimum Gasteiger partial charge on any atom is -0.477 e. The standard InChI is InChI=1S/C26H39N9O5S/c1-12-19-18(13(2)29-17(36)11-34-25(26(3,4)5)30-31-32-34)23(38)35(19)20(24(39)40)21(12)41-15-8-16(28-9-15)22(37)33-7-6-14(27)10-33/h12-16,18-19,28H,6-11,27H2,1-5H3,(H,29,36)(H,39,40)/t12-,13-,14-,15+,16+,18-,19-/m1/s1. The molecule has 5 rings (SSSR count). The fourth-order valence-corrected chi connectivity index (χ4v) is 7.92. The van der Waals surface area contributed by atoms with Crippen molar-refractivity contribution in [3.05, 3.63) is 16.4 Å². The molecule has 3 saturated heterocycles. The van der Waals surface area contributed by atoms with Crippen molar-refractivity contribution in [1.82, 2.24) is 40.6 Å². The van der Waals surface area contributed by atoms with Crippen LogP contribution in [0, 0.1) is 11.8 Å². The number of thioether (sulfide) groups is 1. The first-order chi connectivity index (χ1) is 19.3. The number of nitrogens with two attached hydrogens (primary N) is 1. The van der Waals surface area contributed by atoms with Gasteiger partial charge in [0.15, 0.2) is 5.82 Å². The van der Waals surface area contributed by atoms with Crippen molar-refractivity contribution < 1.29 is 24.3 Å². The summed E-state index contributed by atoms with van der Waals surface area (Å²) in [6, 6.07) is -1.21. The molecule has 0 radical (unpaired) electrons. The number of tetrazole rings is 1. The van der Waals surface area contributed by atoms with Crippen LogP contribution in [-0.4, -0.2) is 108 Å². The molecule has 5 heterocycles. The van der Waals surface area contributed by atoms with Gasteiger partial charge in [-0.3, -0.25) is 14.4 Å². The number of aromatic nitrogens is 4. The van der Waals surface area contributed by atoms with Crippen LogP contribution < -0.4 is 16.4 Å². The molecule has 4 aliphatic rings. The number of carbonyl (C=O) groups excluding carboxylic acids is 3. The second kappa shape index (κ2) is 11.0. The van der Waals surface area contributed by atoms with Gasteiger partial charge in [0.05, 0.1) is 18.0 Å². The van der Waals surface area contributed by atoms with Crippen molar-refractivity contribution in [2.24, 2.45) is 17.6 Å². The topological polar surface area (TPSA) is 189 Å². The van der Waals surface area contributed by atoms with Gasteiger partial charge in [-0.05, 0) is 30.2 Å². The summed E-state index contributed by atoms with van der Waals surface area (Å²) < 4.78 is 1.44. The average molecular weight is 590 g/mol. The van der Waals surface area contributed by atoms with Crippen LogP contribution in [0.4, 0.5) is 0 Å². The highest BCUT2D eigenvalue weighted by Gasteiger charge is 2.60. The van der Waals surface area contributed by atoms with E-state index in [4.69, 9.17) is 5.73 Å². The predicted molar refractivity (Wildman–Crippen MR) is 149 cm³/mol. The van der Waals surface area contributed by atoms with E-state index in [0.717, 1.165) is 6.42 Å². The summed E-state index contributed by atoms with van der Waals surface area (Å²) in [5.74, 6) is -1.99. The highest BCUT2D eigenvalue weighted by molar-refractivity contribution is 8.03. The molecule has 14 nitrogen and oxygen atoms in total. The Labute approximate surface area is 242 Å². The van der Waals surface area contributed by atoms with Gasteiger partial charge in [0.2, 0.25) is 17.7 Å². The lowest BCUT2D eigenvalue weighted by molar-refractivity contribution is -0.158. The summed E-state index contributed by atoms with van der Waals surface area (Å²) >= 11 is 1.44. The number of carboxylic acids is 1. The van der Waals surface area contributed by atoms with Crippen molar-refractivity contribution in [2.75, 3.05) is 19.6 Å². The van der Waals surface area contributed by atoms with Gasteiger partial charge in [-0.2, -0.15) is 0 Å². The molecule has 41 heavy (non-hydrogen) atoms. The van der Waals surface area contributed by atoms with Crippen molar-refractivity contribution in [3.63, 3.8) is 0 Å². The first kappa shape index (κ1) is 29.5. The fraction of sp³-hybridized carbons (Fsp3) is 0.731. The normalized spacial score (nSPS) is 30.4. The lowest BCUT2D eigenvalue weighted by Gasteiger charge is -2.47. The maximum absolute atomic E-state index is 13.3. The number of nitrogens with zero attached hydrogens (tertiary/aromatic N) is 6. The number of hydrogen-bond donors (Lipinski definition) is 4. The van der Waals surface area contributed by atoms with Crippen LogP contribution in [0.1, 0.15) is 53.3 Å². The van der Waals surface area contributed by atoms with E-state index in [2.05, 4.69) is 26.2 Å². The number of fused-ring (bicyclic) bond motifs is 1. The number of amides is 3. The molecule has 1 aromatic heterocycles. The van der Waals surface area contributed by atoms with E-state index in [1.807, 2.05) is 27.7 Å². The van der Waals surface area contributed by atoms with Crippen molar-refractivity contribution in [3.8, 4) is 0 Å². The van der Waals surface area contributed by atoms with Crippen molar-refractivity contribution in [1.29, 1.82) is 0 Å². The molecule has 0 aromatic carbocycles. The number of β-lactam (4-membered cyclic amide) rings is 1. The predicted octanol–water partition coefficient (Wildman–Crippen LogP) is -0.728. The van der Waals surface area contributed by atoms with E-state index in [1.54, 1.807) is 11.8 Å². The van der Waals surface area contributed by atoms with Crippen LogP contribution in [0.5, 0.6) is 0 Å². The Hall–Kier alpha value is -3.04. The first-order valence-electron chi connectivity index (χ1n) is 14.1. The third-order valence-electron chi connectivity index (χ3n) is 8.43. The minimum absolute atomic E-state index is 0.00953. The van der Waals surface area contributed by atoms with Gasteiger partial charge in [-0.15, -0.1) is 16.9 Å². The summed E-state index contributed by atoms with van der Waals surface area (Å²) in [6.07, 6.45) is 1.37. The number of rotatable bonds is 8. The highest BCUT2D eigenvalue weighted by atomic mass is 32.2. The van der Waals surface area contributed by atoms with E-state index < -0.39 is 17.9 Å². The van der Waals surface area contributed by atoms with Gasteiger partial charge in [0, 0.05) is 53.2 Å². The average Bonchev–Trinajstić information content (AvgIpc) is 3.66. The number of carboxylic acid groups (broad SMARTS) is 1. The Morgan fingerprint density at radius 2 is 2.02 bits per heavy atom. The Morgan fingerprint density at radius 3 is 2.66 bits per heavy atom. The van der Waals surface area contributed by atoms with E-state index in [0.29, 0.717) is 36.8 Å². The smallest absolute Gasteiger partial charge is 0.353 e. The fourth-order valence-electron chi connectivity index (χ4n) is 6.44. The maximum atomic E-state index is 13.3. The molecule has 3 amide bonds. The van der Waals surface area contributed by atoms with Crippen LogP contribution in [0.25, 0.3) is 0 Å². The lowest BCUT2D eigenvalue weighted by Crippen LogP contribution is -2.66. The Morgan fingerprint density at radius 1 is 1.29 bits per heavy atom. The Bertz CT molecular complexity index is 1280. The molecule has 15 heteroatoms. The molecule has 0 aliphatic carbocycles. The second-order valence-corrected chi connectivity index (χ2v) is 13.9. The molecule has 7 atom stereocenters. The Kier molecular flexibility index (Phi) is 7.89. The highest BCUT2D eigenvalue weighted by Crippen LogP contribution is 2.51. The van der Waals surface area contributed by atoms with E-state index >= 15 is 0 Å². The van der Waals surface area contributed by atoms with Gasteiger partial charge in [-0.1, -0.05) is 27.7 Å². The van der Waals surface area contributed by atoms with Gasteiger partial charge >= 0.3 is 5.97 Å². The summed E-state index contributed by atoms with van der Waals surface area (Å²) in [5.41, 5.74) is 5.62. The number of hydrogen-bond acceptors (Lipinski definition) is 10. The third-order valence-corrected chi connectivity index (χ3v) is 9.94. The van der Waals surface area contributed by atoms with Crippen LogP contribution >= 0.6 is 11.8 Å². The number of aliphatic carboxylic acids is 1. The molecule has 0 unspecified atom stereocenters. The van der Waals surface area contributed by atoms with Crippen LogP contribution in [0.2, 0.25) is 0 Å². The SMILES string of the molecule is C[C@@H](NC(=O)Cn1nnnc1C(C)(C)C)[C@H]1C(=O)N2C(C(=O)O)=C(S[C@@H]3CN[C@H](C(=O)N4CC[C@@H](N)C4)C3)[C@H](C)[C@H]12. The largest absolute Gasteiger partial charge is 0.477 e. The molecular weight excluding hydrogens is 550 g/mol. The van der Waals surface area contributed by atoms with E-state index in [1.165, 1.54) is 21.3 Å². The quantitative estimate of drug-likeness (QED) is 0.280. The van der Waals surface area contributed by atoms with Crippen LogP contribution in [-0.2, 0) is 31.1 Å². The molecule has 4 aliphatic heterocycles. The molecular formula is C26H39N9O5S. The molecule has 0 spiro atoms. The minimum atomic E-state index is -1.15. The number of nitrogens with one attached hydrogen (secondary N) is 2. The van der Waals surface area contributed by atoms with E-state index in [-0.39, 0.29) is 64.7 Å². The van der Waals surface area contributed by atoms with Crippen molar-refractivity contribution >= 4 is 35.5 Å². The molecule has 3 fully saturated rings. The third kappa shape index (κ3) is 5.46.